The molecule has 0 aliphatic heterocycles. The van der Waals surface area contributed by atoms with E-state index in [1.54, 1.807) is 11.3 Å². The summed E-state index contributed by atoms with van der Waals surface area (Å²) in [6.07, 6.45) is 4.31. The van der Waals surface area contributed by atoms with Crippen molar-refractivity contribution in [1.82, 2.24) is 25.3 Å². The predicted molar refractivity (Wildman–Crippen MR) is 134 cm³/mol. The van der Waals surface area contributed by atoms with Crippen molar-refractivity contribution in [3.63, 3.8) is 0 Å². The summed E-state index contributed by atoms with van der Waals surface area (Å²) in [5.41, 5.74) is 8.00. The maximum Gasteiger partial charge on any atom is 0.273 e. The van der Waals surface area contributed by atoms with Crippen LogP contribution in [0.1, 0.15) is 20.9 Å². The van der Waals surface area contributed by atoms with Gasteiger partial charge in [-0.05, 0) is 35.9 Å². The van der Waals surface area contributed by atoms with Crippen molar-refractivity contribution in [2.45, 2.75) is 13.1 Å². The molecule has 180 valence electrons. The number of anilines is 2. The molecule has 2 aromatic carbocycles. The van der Waals surface area contributed by atoms with E-state index in [1.807, 2.05) is 30.3 Å². The zero-order valence-electron chi connectivity index (χ0n) is 18.7. The molecule has 0 saturated carbocycles. The number of hydrogen-bond acceptors (Lipinski definition) is 8. The number of nitrogens with one attached hydrogen (secondary N) is 2. The fourth-order valence-electron chi connectivity index (χ4n) is 3.59. The average Bonchev–Trinajstić information content (AvgIpc) is 3.36. The first-order chi connectivity index (χ1) is 17.5. The second-order valence-electron chi connectivity index (χ2n) is 7.78. The first-order valence-electron chi connectivity index (χ1n) is 10.8. The Labute approximate surface area is 208 Å². The maximum absolute atomic E-state index is 13.9. The van der Waals surface area contributed by atoms with Gasteiger partial charge in [-0.2, -0.15) is 0 Å². The van der Waals surface area contributed by atoms with Gasteiger partial charge in [0.1, 0.15) is 23.8 Å². The van der Waals surface area contributed by atoms with Crippen molar-refractivity contribution in [2.24, 2.45) is 0 Å². The van der Waals surface area contributed by atoms with E-state index in [0.717, 1.165) is 38.4 Å². The van der Waals surface area contributed by atoms with Gasteiger partial charge in [0.05, 0.1) is 12.1 Å². The maximum atomic E-state index is 13.9. The van der Waals surface area contributed by atoms with Crippen LogP contribution >= 0.6 is 11.3 Å². The van der Waals surface area contributed by atoms with Crippen LogP contribution < -0.4 is 16.4 Å². The second-order valence-corrected chi connectivity index (χ2v) is 8.95. The molecule has 0 bridgehead atoms. The molecule has 5 aromatic rings. The van der Waals surface area contributed by atoms with E-state index in [4.69, 9.17) is 5.73 Å². The number of fused-ring (bicyclic) bond motifs is 1. The van der Waals surface area contributed by atoms with E-state index in [2.05, 4.69) is 30.6 Å². The molecular weight excluding hydrogens is 484 g/mol. The molecule has 0 aliphatic carbocycles. The number of nitrogen functional groups attached to an aromatic ring is 1. The molecule has 0 spiro atoms. The summed E-state index contributed by atoms with van der Waals surface area (Å²) in [4.78, 5) is 31.4. The van der Waals surface area contributed by atoms with Gasteiger partial charge in [0.2, 0.25) is 0 Å². The van der Waals surface area contributed by atoms with Gasteiger partial charge in [-0.3, -0.25) is 4.79 Å². The minimum atomic E-state index is -0.733. The number of thiophene rings is 1. The van der Waals surface area contributed by atoms with E-state index >= 15 is 0 Å². The van der Waals surface area contributed by atoms with Crippen molar-refractivity contribution < 1.29 is 13.6 Å². The zero-order valence-corrected chi connectivity index (χ0v) is 19.5. The van der Waals surface area contributed by atoms with Crippen molar-refractivity contribution in [3.8, 4) is 10.4 Å². The molecule has 0 saturated heterocycles. The first kappa shape index (κ1) is 23.2. The number of aromatic nitrogens is 4. The highest BCUT2D eigenvalue weighted by atomic mass is 32.1. The highest BCUT2D eigenvalue weighted by molar-refractivity contribution is 7.15. The highest BCUT2D eigenvalue weighted by Gasteiger charge is 2.15. The molecule has 0 fully saturated rings. The summed E-state index contributed by atoms with van der Waals surface area (Å²) in [5, 5.41) is 6.53. The molecule has 0 aliphatic rings. The minimum Gasteiger partial charge on any atom is -0.383 e. The molecule has 1 amide bonds. The lowest BCUT2D eigenvalue weighted by atomic mass is 10.1. The number of rotatable bonds is 7. The molecule has 4 N–H and O–H groups in total. The van der Waals surface area contributed by atoms with Gasteiger partial charge in [-0.15, -0.1) is 11.3 Å². The van der Waals surface area contributed by atoms with Crippen LogP contribution in [0.15, 0.2) is 67.3 Å². The third-order valence-corrected chi connectivity index (χ3v) is 6.54. The van der Waals surface area contributed by atoms with Crippen LogP contribution in [0.4, 0.5) is 20.4 Å². The van der Waals surface area contributed by atoms with Crippen LogP contribution in [0.3, 0.4) is 0 Å². The van der Waals surface area contributed by atoms with Crippen LogP contribution in [0.5, 0.6) is 0 Å². The van der Waals surface area contributed by atoms with Crippen LogP contribution in [0, 0.1) is 11.6 Å². The minimum absolute atomic E-state index is 0.0711. The van der Waals surface area contributed by atoms with Gasteiger partial charge in [-0.25, -0.2) is 28.7 Å². The Balaban J connectivity index is 1.27. The third kappa shape index (κ3) is 4.96. The number of hydrogen-bond donors (Lipinski definition) is 3. The normalized spacial score (nSPS) is 10.9. The Morgan fingerprint density at radius 1 is 0.944 bits per heavy atom. The molecule has 5 rings (SSSR count). The van der Waals surface area contributed by atoms with E-state index < -0.39 is 17.5 Å². The summed E-state index contributed by atoms with van der Waals surface area (Å²) in [6.45, 7) is 0.297. The standard InChI is InChI=1S/C25H19F2N7OS/c26-16-3-1-15(19(27)10-16)11-32-25(35)22-24(30-8-7-29-22)31-12-17-4-6-21(36-17)14-2-5-20-18(9-14)23(28)34-13-33-20/h1-10,13H,11-12H2,(H,30,31)(H,32,35)(H2,28,33,34). The SMILES string of the molecule is Nc1ncnc2ccc(-c3ccc(CNc4nccnc4C(=O)NCc4ccc(F)cc4F)s3)cc12. The van der Waals surface area contributed by atoms with Gasteiger partial charge >= 0.3 is 0 Å². The van der Waals surface area contributed by atoms with Crippen molar-refractivity contribution >= 4 is 39.8 Å². The molecule has 11 heteroatoms. The Hall–Kier alpha value is -4.51. The van der Waals surface area contributed by atoms with Crippen molar-refractivity contribution in [1.29, 1.82) is 0 Å². The Morgan fingerprint density at radius 3 is 2.67 bits per heavy atom. The lowest BCUT2D eigenvalue weighted by molar-refractivity contribution is 0.0946. The Bertz CT molecular complexity index is 1570. The van der Waals surface area contributed by atoms with E-state index in [9.17, 15) is 13.6 Å². The Kier molecular flexibility index (Phi) is 6.46. The van der Waals surface area contributed by atoms with Crippen molar-refractivity contribution in [3.05, 3.63) is 95.0 Å². The van der Waals surface area contributed by atoms with Gasteiger partial charge in [0, 0.05) is 45.7 Å². The van der Waals surface area contributed by atoms with Gasteiger partial charge < -0.3 is 16.4 Å². The molecule has 3 aromatic heterocycles. The van der Waals surface area contributed by atoms with Gasteiger partial charge in [0.25, 0.3) is 5.91 Å². The van der Waals surface area contributed by atoms with Gasteiger partial charge in [0.15, 0.2) is 11.5 Å². The molecule has 36 heavy (non-hydrogen) atoms. The zero-order chi connectivity index (χ0) is 25.1. The fraction of sp³-hybridized carbons (Fsp3) is 0.0800. The monoisotopic (exact) mass is 503 g/mol. The smallest absolute Gasteiger partial charge is 0.273 e. The van der Waals surface area contributed by atoms with E-state index in [-0.39, 0.29) is 17.8 Å². The quantitative estimate of drug-likeness (QED) is 0.298. The van der Waals surface area contributed by atoms with Crippen LogP contribution in [0.2, 0.25) is 0 Å². The first-order valence-corrected chi connectivity index (χ1v) is 11.7. The van der Waals surface area contributed by atoms with Crippen LogP contribution in [-0.2, 0) is 13.1 Å². The number of amides is 1. The molecule has 0 unspecified atom stereocenters. The summed E-state index contributed by atoms with van der Waals surface area (Å²) in [7, 11) is 0. The number of nitrogens with zero attached hydrogens (tertiary/aromatic N) is 4. The summed E-state index contributed by atoms with van der Waals surface area (Å²) in [6, 6.07) is 13.0. The number of halogens is 2. The fourth-order valence-corrected chi connectivity index (χ4v) is 4.53. The highest BCUT2D eigenvalue weighted by Crippen LogP contribution is 2.31. The number of nitrogens with two attached hydrogens (primary N) is 1. The number of benzene rings is 2. The molecular formula is C25H19F2N7OS. The summed E-state index contributed by atoms with van der Waals surface area (Å²) >= 11 is 1.58. The second kappa shape index (κ2) is 10.0. The summed E-state index contributed by atoms with van der Waals surface area (Å²) in [5.74, 6) is -1.23. The predicted octanol–water partition coefficient (Wildman–Crippen LogP) is 4.55. The topological polar surface area (TPSA) is 119 Å². The average molecular weight is 504 g/mol. The van der Waals surface area contributed by atoms with Crippen molar-refractivity contribution in [2.75, 3.05) is 11.1 Å². The summed E-state index contributed by atoms with van der Waals surface area (Å²) < 4.78 is 27.0. The third-order valence-electron chi connectivity index (χ3n) is 5.41. The molecule has 0 radical (unpaired) electrons. The van der Waals surface area contributed by atoms with Crippen LogP contribution in [-0.4, -0.2) is 25.8 Å². The lowest BCUT2D eigenvalue weighted by Crippen LogP contribution is -2.26. The number of carbonyl (C=O) groups excluding carboxylic acids is 1. The molecule has 3 heterocycles. The van der Waals surface area contributed by atoms with E-state index in [1.165, 1.54) is 24.8 Å². The largest absolute Gasteiger partial charge is 0.383 e. The lowest BCUT2D eigenvalue weighted by Gasteiger charge is -2.10. The van der Waals surface area contributed by atoms with Crippen LogP contribution in [0.25, 0.3) is 21.3 Å². The van der Waals surface area contributed by atoms with E-state index in [0.29, 0.717) is 18.2 Å². The Morgan fingerprint density at radius 2 is 1.81 bits per heavy atom. The van der Waals surface area contributed by atoms with Gasteiger partial charge in [-0.1, -0.05) is 12.1 Å². The molecule has 0 atom stereocenters. The number of carbonyl (C=O) groups is 1. The molecule has 8 nitrogen and oxygen atoms in total.